The molecule has 4 rings (SSSR count). The number of ketones is 1. The second-order valence-electron chi connectivity index (χ2n) is 8.50. The predicted octanol–water partition coefficient (Wildman–Crippen LogP) is 3.74. The van der Waals surface area contributed by atoms with Crippen molar-refractivity contribution in [1.82, 2.24) is 0 Å². The monoisotopic (exact) mass is 288 g/mol. The Labute approximate surface area is 128 Å². The molecule has 0 radical (unpaired) electrons. The van der Waals surface area contributed by atoms with E-state index in [2.05, 4.69) is 13.8 Å². The third-order valence-corrected chi connectivity index (χ3v) is 7.58. The number of carbonyl (C=O) groups excluding carboxylic acids is 1. The fourth-order valence-corrected chi connectivity index (χ4v) is 6.59. The molecule has 0 saturated heterocycles. The summed E-state index contributed by atoms with van der Waals surface area (Å²) in [5.41, 5.74) is 1.64. The molecule has 21 heavy (non-hydrogen) atoms. The maximum absolute atomic E-state index is 11.9. The van der Waals surface area contributed by atoms with E-state index in [1.54, 1.807) is 0 Å². The normalized spacial score (nSPS) is 52.7. The van der Waals surface area contributed by atoms with Gasteiger partial charge >= 0.3 is 0 Å². The summed E-state index contributed by atoms with van der Waals surface area (Å²) in [6.45, 7) is 4.62. The number of carbonyl (C=O) groups is 1. The molecule has 1 N–H and O–H groups in total. The lowest BCUT2D eigenvalue weighted by atomic mass is 9.51. The molecule has 4 aliphatic carbocycles. The Morgan fingerprint density at radius 2 is 2.00 bits per heavy atom. The molecular weight excluding hydrogens is 260 g/mol. The van der Waals surface area contributed by atoms with Crippen LogP contribution in [0.4, 0.5) is 0 Å². The highest BCUT2D eigenvalue weighted by atomic mass is 16.3. The van der Waals surface area contributed by atoms with E-state index < -0.39 is 0 Å². The molecule has 0 aromatic carbocycles. The van der Waals surface area contributed by atoms with Crippen molar-refractivity contribution < 1.29 is 9.90 Å². The highest BCUT2D eigenvalue weighted by Gasteiger charge is 2.56. The van der Waals surface area contributed by atoms with Gasteiger partial charge in [0.05, 0.1) is 6.10 Å². The number of fused-ring (bicyclic) bond motifs is 5. The first-order chi connectivity index (χ1) is 10.0. The van der Waals surface area contributed by atoms with E-state index >= 15 is 0 Å². The van der Waals surface area contributed by atoms with Crippen molar-refractivity contribution in [2.75, 3.05) is 0 Å². The number of hydrogen-bond acceptors (Lipinski definition) is 2. The summed E-state index contributed by atoms with van der Waals surface area (Å²) < 4.78 is 0. The van der Waals surface area contributed by atoms with Crippen molar-refractivity contribution in [1.29, 1.82) is 0 Å². The fourth-order valence-electron chi connectivity index (χ4n) is 6.59. The first-order valence-corrected chi connectivity index (χ1v) is 8.92. The van der Waals surface area contributed by atoms with E-state index in [0.29, 0.717) is 17.6 Å². The summed E-state index contributed by atoms with van der Waals surface area (Å²) in [6, 6.07) is 0. The standard InChI is InChI=1S/C19H28O2/c1-11-9-13(20)10-12-3-4-14-15(18(11)12)7-8-19(2)16(14)5-6-17(19)21/h10-11,14-18,21H,3-9H2,1-2H3. The van der Waals surface area contributed by atoms with Gasteiger partial charge in [-0.3, -0.25) is 4.79 Å². The SMILES string of the molecule is CC1CC(=O)C=C2CCC3C(CCC4(C)C(O)CCC34)C21. The van der Waals surface area contributed by atoms with Gasteiger partial charge in [0, 0.05) is 6.42 Å². The highest BCUT2D eigenvalue weighted by Crippen LogP contribution is 2.62. The number of allylic oxidation sites excluding steroid dienone is 1. The predicted molar refractivity (Wildman–Crippen MR) is 82.6 cm³/mol. The molecule has 0 aliphatic heterocycles. The molecule has 2 heteroatoms. The molecule has 0 spiro atoms. The van der Waals surface area contributed by atoms with E-state index in [9.17, 15) is 9.90 Å². The largest absolute Gasteiger partial charge is 0.393 e. The second kappa shape index (κ2) is 4.68. The van der Waals surface area contributed by atoms with Gasteiger partial charge in [0.1, 0.15) is 0 Å². The van der Waals surface area contributed by atoms with Crippen LogP contribution in [-0.2, 0) is 4.79 Å². The van der Waals surface area contributed by atoms with Crippen LogP contribution in [0.1, 0.15) is 58.8 Å². The van der Waals surface area contributed by atoms with E-state index in [0.717, 1.165) is 37.0 Å². The van der Waals surface area contributed by atoms with Crippen LogP contribution >= 0.6 is 0 Å². The van der Waals surface area contributed by atoms with Gasteiger partial charge in [-0.25, -0.2) is 0 Å². The Hall–Kier alpha value is -0.630. The van der Waals surface area contributed by atoms with Crippen molar-refractivity contribution in [3.63, 3.8) is 0 Å². The molecule has 0 heterocycles. The molecule has 3 fully saturated rings. The number of aliphatic hydroxyl groups is 1. The summed E-state index contributed by atoms with van der Waals surface area (Å²) in [5, 5.41) is 10.4. The lowest BCUT2D eigenvalue weighted by Gasteiger charge is -2.54. The first-order valence-electron chi connectivity index (χ1n) is 8.92. The first kappa shape index (κ1) is 14.0. The smallest absolute Gasteiger partial charge is 0.155 e. The Morgan fingerprint density at radius 3 is 2.81 bits per heavy atom. The van der Waals surface area contributed by atoms with Crippen molar-refractivity contribution in [2.24, 2.45) is 35.0 Å². The molecule has 0 aromatic heterocycles. The van der Waals surface area contributed by atoms with Crippen LogP contribution in [0.5, 0.6) is 0 Å². The lowest BCUT2D eigenvalue weighted by molar-refractivity contribution is -0.117. The molecule has 0 aromatic rings. The number of aliphatic hydroxyl groups excluding tert-OH is 1. The Kier molecular flexibility index (Phi) is 3.12. The third-order valence-electron chi connectivity index (χ3n) is 7.58. The van der Waals surface area contributed by atoms with Gasteiger partial charge in [0.2, 0.25) is 0 Å². The molecule has 7 atom stereocenters. The Balaban J connectivity index is 1.66. The second-order valence-corrected chi connectivity index (χ2v) is 8.50. The minimum absolute atomic E-state index is 0.0780. The lowest BCUT2D eigenvalue weighted by Crippen LogP contribution is -2.48. The van der Waals surface area contributed by atoms with Crippen LogP contribution in [0, 0.1) is 35.0 Å². The van der Waals surface area contributed by atoms with Crippen molar-refractivity contribution in [2.45, 2.75) is 64.9 Å². The molecule has 116 valence electrons. The average Bonchev–Trinajstić information content (AvgIpc) is 2.74. The summed E-state index contributed by atoms with van der Waals surface area (Å²) in [6.07, 6.45) is 9.71. The van der Waals surface area contributed by atoms with Crippen LogP contribution in [0.25, 0.3) is 0 Å². The van der Waals surface area contributed by atoms with E-state index in [1.807, 2.05) is 6.08 Å². The molecule has 0 bridgehead atoms. The maximum Gasteiger partial charge on any atom is 0.155 e. The van der Waals surface area contributed by atoms with Crippen LogP contribution in [0.15, 0.2) is 11.6 Å². The van der Waals surface area contributed by atoms with Crippen molar-refractivity contribution in [3.8, 4) is 0 Å². The third kappa shape index (κ3) is 1.91. The zero-order valence-electron chi connectivity index (χ0n) is 13.3. The molecule has 7 unspecified atom stereocenters. The van der Waals surface area contributed by atoms with E-state index in [1.165, 1.54) is 31.3 Å². The Morgan fingerprint density at radius 1 is 1.19 bits per heavy atom. The van der Waals surface area contributed by atoms with Gasteiger partial charge in [-0.1, -0.05) is 19.4 Å². The van der Waals surface area contributed by atoms with Gasteiger partial charge in [-0.15, -0.1) is 0 Å². The molecule has 3 saturated carbocycles. The van der Waals surface area contributed by atoms with Crippen molar-refractivity contribution in [3.05, 3.63) is 11.6 Å². The summed E-state index contributed by atoms with van der Waals surface area (Å²) in [7, 11) is 0. The van der Waals surface area contributed by atoms with Crippen LogP contribution in [0.2, 0.25) is 0 Å². The van der Waals surface area contributed by atoms with Gasteiger partial charge in [-0.2, -0.15) is 0 Å². The minimum atomic E-state index is -0.0780. The topological polar surface area (TPSA) is 37.3 Å². The van der Waals surface area contributed by atoms with E-state index in [4.69, 9.17) is 0 Å². The van der Waals surface area contributed by atoms with Crippen LogP contribution in [0.3, 0.4) is 0 Å². The zero-order chi connectivity index (χ0) is 14.8. The van der Waals surface area contributed by atoms with Gasteiger partial charge in [0.25, 0.3) is 0 Å². The molecule has 2 nitrogen and oxygen atoms in total. The molecule has 4 aliphatic rings. The highest BCUT2D eigenvalue weighted by molar-refractivity contribution is 5.91. The van der Waals surface area contributed by atoms with Crippen molar-refractivity contribution >= 4 is 5.78 Å². The maximum atomic E-state index is 11.9. The molecule has 0 amide bonds. The van der Waals surface area contributed by atoms with Gasteiger partial charge in [-0.05, 0) is 79.6 Å². The van der Waals surface area contributed by atoms with Crippen LogP contribution < -0.4 is 0 Å². The average molecular weight is 288 g/mol. The summed E-state index contributed by atoms with van der Waals surface area (Å²) >= 11 is 0. The molecular formula is C19H28O2. The number of hydrogen-bond donors (Lipinski definition) is 1. The zero-order valence-corrected chi connectivity index (χ0v) is 13.3. The quantitative estimate of drug-likeness (QED) is 0.737. The van der Waals surface area contributed by atoms with Gasteiger partial charge in [0.15, 0.2) is 5.78 Å². The Bertz CT molecular complexity index is 494. The fraction of sp³-hybridized carbons (Fsp3) is 0.842. The van der Waals surface area contributed by atoms with Gasteiger partial charge < -0.3 is 5.11 Å². The van der Waals surface area contributed by atoms with Crippen LogP contribution in [-0.4, -0.2) is 17.0 Å². The minimum Gasteiger partial charge on any atom is -0.393 e. The summed E-state index contributed by atoms with van der Waals surface area (Å²) in [4.78, 5) is 11.9. The van der Waals surface area contributed by atoms with E-state index in [-0.39, 0.29) is 11.5 Å². The summed E-state index contributed by atoms with van der Waals surface area (Å²) in [5.74, 6) is 3.82. The number of rotatable bonds is 0.